The van der Waals surface area contributed by atoms with E-state index in [1.165, 1.54) is 6.33 Å². The van der Waals surface area contributed by atoms with Crippen molar-refractivity contribution in [3.8, 4) is 5.75 Å². The van der Waals surface area contributed by atoms with Crippen LogP contribution in [-0.4, -0.2) is 17.1 Å². The van der Waals surface area contributed by atoms with E-state index in [2.05, 4.69) is 15.3 Å². The molecule has 0 unspecified atom stereocenters. The maximum absolute atomic E-state index is 5.83. The van der Waals surface area contributed by atoms with Gasteiger partial charge in [-0.25, -0.2) is 9.97 Å². The molecule has 0 atom stereocenters. The molecular weight excluding hydrogens is 240 g/mol. The Kier molecular flexibility index (Phi) is 4.18. The lowest BCUT2D eigenvalue weighted by molar-refractivity contribution is 0.414. The first-order valence-corrected chi connectivity index (χ1v) is 6.20. The molecule has 0 aliphatic carbocycles. The van der Waals surface area contributed by atoms with Gasteiger partial charge < -0.3 is 15.8 Å². The van der Waals surface area contributed by atoms with Gasteiger partial charge in [0.15, 0.2) is 0 Å². The summed E-state index contributed by atoms with van der Waals surface area (Å²) in [6.07, 6.45) is 2.28. The minimum absolute atomic E-state index is 0.537. The van der Waals surface area contributed by atoms with Crippen molar-refractivity contribution in [1.29, 1.82) is 0 Å². The summed E-state index contributed by atoms with van der Waals surface area (Å²) in [7, 11) is 1.66. The van der Waals surface area contributed by atoms with Crippen LogP contribution in [0.2, 0.25) is 0 Å². The Morgan fingerprint density at radius 2 is 1.95 bits per heavy atom. The Hall–Kier alpha value is -2.30. The number of nitrogen functional groups attached to an aromatic ring is 1. The van der Waals surface area contributed by atoms with Crippen LogP contribution in [0, 0.1) is 0 Å². The summed E-state index contributed by atoms with van der Waals surface area (Å²) in [5.74, 6) is 2.19. The number of rotatable bonds is 5. The molecule has 100 valence electrons. The number of hydrogen-bond acceptors (Lipinski definition) is 5. The van der Waals surface area contributed by atoms with Gasteiger partial charge in [0.05, 0.1) is 7.11 Å². The van der Waals surface area contributed by atoms with Crippen molar-refractivity contribution in [2.75, 3.05) is 18.2 Å². The van der Waals surface area contributed by atoms with Crippen molar-refractivity contribution in [2.24, 2.45) is 0 Å². The van der Waals surface area contributed by atoms with Crippen LogP contribution in [0.3, 0.4) is 0 Å². The number of methoxy groups -OCH3 is 1. The highest BCUT2D eigenvalue weighted by Gasteiger charge is 2.06. The fourth-order valence-electron chi connectivity index (χ4n) is 1.86. The summed E-state index contributed by atoms with van der Waals surface area (Å²) in [6.45, 7) is 2.72. The predicted octanol–water partition coefficient (Wildman–Crippen LogP) is 2.24. The number of aromatic nitrogens is 2. The predicted molar refractivity (Wildman–Crippen MR) is 76.1 cm³/mol. The van der Waals surface area contributed by atoms with Crippen LogP contribution in [0.15, 0.2) is 30.6 Å². The molecule has 0 fully saturated rings. The Morgan fingerprint density at radius 1 is 1.21 bits per heavy atom. The third-order valence-corrected chi connectivity index (χ3v) is 2.95. The lowest BCUT2D eigenvalue weighted by Crippen LogP contribution is -2.07. The number of ether oxygens (including phenoxy) is 1. The highest BCUT2D eigenvalue weighted by molar-refractivity contribution is 5.55. The van der Waals surface area contributed by atoms with Crippen LogP contribution in [-0.2, 0) is 13.0 Å². The second-order valence-electron chi connectivity index (χ2n) is 4.14. The number of anilines is 2. The molecule has 5 nitrogen and oxygen atoms in total. The van der Waals surface area contributed by atoms with Crippen molar-refractivity contribution >= 4 is 11.6 Å². The molecule has 1 aromatic heterocycles. The van der Waals surface area contributed by atoms with Gasteiger partial charge in [0, 0.05) is 12.1 Å². The van der Waals surface area contributed by atoms with E-state index in [4.69, 9.17) is 10.5 Å². The molecule has 0 saturated carbocycles. The molecule has 2 rings (SSSR count). The average Bonchev–Trinajstić information content (AvgIpc) is 2.45. The molecule has 1 aromatic carbocycles. The molecule has 0 aliphatic rings. The zero-order chi connectivity index (χ0) is 13.7. The molecule has 0 radical (unpaired) electrons. The number of hydrogen-bond donors (Lipinski definition) is 2. The Bertz CT molecular complexity index is 540. The largest absolute Gasteiger partial charge is 0.497 e. The van der Waals surface area contributed by atoms with Gasteiger partial charge in [-0.05, 0) is 24.1 Å². The molecule has 0 aliphatic heterocycles. The van der Waals surface area contributed by atoms with Crippen LogP contribution >= 0.6 is 0 Å². The topological polar surface area (TPSA) is 73.1 Å². The SMILES string of the molecule is CCc1c(N)ncnc1NCc1ccc(OC)cc1. The van der Waals surface area contributed by atoms with Crippen molar-refractivity contribution in [3.63, 3.8) is 0 Å². The van der Waals surface area contributed by atoms with Gasteiger partial charge in [-0.1, -0.05) is 19.1 Å². The van der Waals surface area contributed by atoms with Crippen LogP contribution in [0.5, 0.6) is 5.75 Å². The van der Waals surface area contributed by atoms with Gasteiger partial charge in [-0.15, -0.1) is 0 Å². The number of nitrogens with zero attached hydrogens (tertiary/aromatic N) is 2. The first-order valence-electron chi connectivity index (χ1n) is 6.20. The minimum Gasteiger partial charge on any atom is -0.497 e. The van der Waals surface area contributed by atoms with E-state index in [0.29, 0.717) is 12.4 Å². The van der Waals surface area contributed by atoms with E-state index in [0.717, 1.165) is 29.1 Å². The average molecular weight is 258 g/mol. The highest BCUT2D eigenvalue weighted by Crippen LogP contribution is 2.19. The summed E-state index contributed by atoms with van der Waals surface area (Å²) in [6, 6.07) is 7.90. The fraction of sp³-hybridized carbons (Fsp3) is 0.286. The van der Waals surface area contributed by atoms with Crippen LogP contribution in [0.4, 0.5) is 11.6 Å². The van der Waals surface area contributed by atoms with Crippen molar-refractivity contribution < 1.29 is 4.74 Å². The molecule has 3 N–H and O–H groups in total. The minimum atomic E-state index is 0.537. The van der Waals surface area contributed by atoms with Gasteiger partial charge in [0.1, 0.15) is 23.7 Å². The lowest BCUT2D eigenvalue weighted by atomic mass is 10.2. The third-order valence-electron chi connectivity index (χ3n) is 2.95. The molecule has 0 amide bonds. The third kappa shape index (κ3) is 3.13. The molecule has 5 heteroatoms. The molecule has 1 heterocycles. The smallest absolute Gasteiger partial charge is 0.134 e. The monoisotopic (exact) mass is 258 g/mol. The quantitative estimate of drug-likeness (QED) is 0.860. The molecule has 0 saturated heterocycles. The number of benzene rings is 1. The zero-order valence-corrected chi connectivity index (χ0v) is 11.2. The van der Waals surface area contributed by atoms with Gasteiger partial charge in [-0.3, -0.25) is 0 Å². The van der Waals surface area contributed by atoms with Gasteiger partial charge >= 0.3 is 0 Å². The molecule has 19 heavy (non-hydrogen) atoms. The maximum atomic E-state index is 5.83. The summed E-state index contributed by atoms with van der Waals surface area (Å²) >= 11 is 0. The first-order chi connectivity index (χ1) is 9.24. The van der Waals surface area contributed by atoms with E-state index in [9.17, 15) is 0 Å². The molecule has 0 bridgehead atoms. The van der Waals surface area contributed by atoms with Crippen molar-refractivity contribution in [1.82, 2.24) is 9.97 Å². The summed E-state index contributed by atoms with van der Waals surface area (Å²) in [5.41, 5.74) is 7.94. The summed E-state index contributed by atoms with van der Waals surface area (Å²) in [5, 5.41) is 3.29. The molecular formula is C14H18N4O. The fourth-order valence-corrected chi connectivity index (χ4v) is 1.86. The van der Waals surface area contributed by atoms with Crippen molar-refractivity contribution in [3.05, 3.63) is 41.7 Å². The van der Waals surface area contributed by atoms with Crippen LogP contribution in [0.25, 0.3) is 0 Å². The number of nitrogens with one attached hydrogen (secondary N) is 1. The Balaban J connectivity index is 2.07. The normalized spacial score (nSPS) is 10.2. The van der Waals surface area contributed by atoms with E-state index < -0.39 is 0 Å². The second kappa shape index (κ2) is 6.04. The highest BCUT2D eigenvalue weighted by atomic mass is 16.5. The maximum Gasteiger partial charge on any atom is 0.134 e. The van der Waals surface area contributed by atoms with Crippen LogP contribution in [0.1, 0.15) is 18.1 Å². The summed E-state index contributed by atoms with van der Waals surface area (Å²) in [4.78, 5) is 8.23. The zero-order valence-electron chi connectivity index (χ0n) is 11.2. The van der Waals surface area contributed by atoms with Gasteiger partial charge in [0.25, 0.3) is 0 Å². The molecule has 0 spiro atoms. The van der Waals surface area contributed by atoms with Crippen molar-refractivity contribution in [2.45, 2.75) is 19.9 Å². The van der Waals surface area contributed by atoms with E-state index in [1.807, 2.05) is 31.2 Å². The first kappa shape index (κ1) is 13.1. The van der Waals surface area contributed by atoms with Crippen LogP contribution < -0.4 is 15.8 Å². The Morgan fingerprint density at radius 3 is 2.58 bits per heavy atom. The summed E-state index contributed by atoms with van der Waals surface area (Å²) < 4.78 is 5.13. The van der Waals surface area contributed by atoms with Gasteiger partial charge in [0.2, 0.25) is 0 Å². The Labute approximate surface area is 112 Å². The van der Waals surface area contributed by atoms with E-state index in [1.54, 1.807) is 7.11 Å². The standard InChI is InChI=1S/C14H18N4O/c1-3-12-13(15)17-9-18-14(12)16-8-10-4-6-11(19-2)7-5-10/h4-7,9H,3,8H2,1-2H3,(H3,15,16,17,18). The number of nitrogens with two attached hydrogens (primary N) is 1. The van der Waals surface area contributed by atoms with E-state index in [-0.39, 0.29) is 0 Å². The molecule has 2 aromatic rings. The lowest BCUT2D eigenvalue weighted by Gasteiger charge is -2.11. The van der Waals surface area contributed by atoms with E-state index >= 15 is 0 Å². The van der Waals surface area contributed by atoms with Gasteiger partial charge in [-0.2, -0.15) is 0 Å². The second-order valence-corrected chi connectivity index (χ2v) is 4.14.